The second kappa shape index (κ2) is 8.91. The monoisotopic (exact) mass is 441 g/mol. The lowest BCUT2D eigenvalue weighted by atomic mass is 10.2. The Morgan fingerprint density at radius 1 is 1.19 bits per heavy atom. The maximum absolute atomic E-state index is 13.1. The van der Waals surface area contributed by atoms with Crippen LogP contribution in [0.5, 0.6) is 0 Å². The van der Waals surface area contributed by atoms with Crippen LogP contribution in [0.15, 0.2) is 18.6 Å². The number of rotatable bonds is 2. The van der Waals surface area contributed by atoms with E-state index in [9.17, 15) is 4.79 Å². The SMILES string of the molecule is CC(=O)O.C[C@H]1CN(C(=O)c2cn3c(n2)CCNCC3)Cc2nnc(-c3cnn(C)c3)n21. The van der Waals surface area contributed by atoms with Crippen LogP contribution in [0, 0.1) is 0 Å². The minimum Gasteiger partial charge on any atom is -0.481 e. The molecule has 2 N–H and O–H groups in total. The fraction of sp³-hybridized carbons (Fsp3) is 0.500. The average molecular weight is 441 g/mol. The number of nitrogens with one attached hydrogen (secondary N) is 1. The first kappa shape index (κ1) is 21.7. The first-order valence-electron chi connectivity index (χ1n) is 10.5. The Hall–Kier alpha value is -3.54. The Bertz CT molecular complexity index is 1100. The molecule has 12 nitrogen and oxygen atoms in total. The highest BCUT2D eigenvalue weighted by atomic mass is 16.4. The predicted octanol–water partition coefficient (Wildman–Crippen LogP) is 0.329. The third kappa shape index (κ3) is 4.40. The lowest BCUT2D eigenvalue weighted by Gasteiger charge is -2.32. The molecular weight excluding hydrogens is 414 g/mol. The Morgan fingerprint density at radius 2 is 1.97 bits per heavy atom. The third-order valence-electron chi connectivity index (χ3n) is 5.41. The van der Waals surface area contributed by atoms with Gasteiger partial charge in [0.1, 0.15) is 11.5 Å². The number of amides is 1. The van der Waals surface area contributed by atoms with Gasteiger partial charge in [0.05, 0.1) is 24.3 Å². The van der Waals surface area contributed by atoms with Crippen molar-refractivity contribution >= 4 is 11.9 Å². The highest BCUT2D eigenvalue weighted by Gasteiger charge is 2.31. The average Bonchev–Trinajstić information content (AvgIpc) is 3.42. The van der Waals surface area contributed by atoms with Gasteiger partial charge in [0, 0.05) is 59.0 Å². The second-order valence-corrected chi connectivity index (χ2v) is 8.00. The van der Waals surface area contributed by atoms with Crippen LogP contribution in [0.2, 0.25) is 0 Å². The largest absolute Gasteiger partial charge is 0.481 e. The molecule has 5 rings (SSSR count). The van der Waals surface area contributed by atoms with Crippen LogP contribution in [0.3, 0.4) is 0 Å². The molecule has 2 aliphatic heterocycles. The van der Waals surface area contributed by atoms with E-state index in [1.165, 1.54) is 0 Å². The van der Waals surface area contributed by atoms with E-state index >= 15 is 0 Å². The number of carboxylic acids is 1. The van der Waals surface area contributed by atoms with E-state index in [-0.39, 0.29) is 11.9 Å². The van der Waals surface area contributed by atoms with Crippen molar-refractivity contribution in [1.82, 2.24) is 44.3 Å². The fourth-order valence-electron chi connectivity index (χ4n) is 4.06. The zero-order valence-corrected chi connectivity index (χ0v) is 18.4. The van der Waals surface area contributed by atoms with E-state index in [0.717, 1.165) is 56.0 Å². The molecule has 3 aromatic heterocycles. The van der Waals surface area contributed by atoms with Gasteiger partial charge in [0.15, 0.2) is 11.6 Å². The summed E-state index contributed by atoms with van der Waals surface area (Å²) < 4.78 is 5.94. The van der Waals surface area contributed by atoms with Gasteiger partial charge in [-0.15, -0.1) is 10.2 Å². The highest BCUT2D eigenvalue weighted by Crippen LogP contribution is 2.28. The molecule has 12 heteroatoms. The fourth-order valence-corrected chi connectivity index (χ4v) is 4.06. The molecule has 0 aliphatic carbocycles. The summed E-state index contributed by atoms with van der Waals surface area (Å²) in [5, 5.41) is 23.7. The van der Waals surface area contributed by atoms with Crippen LogP contribution in [0.4, 0.5) is 0 Å². The zero-order valence-electron chi connectivity index (χ0n) is 18.4. The molecular formula is C20H27N9O3. The molecule has 0 saturated carbocycles. The summed E-state index contributed by atoms with van der Waals surface area (Å²) in [5.41, 5.74) is 1.45. The zero-order chi connectivity index (χ0) is 22.8. The van der Waals surface area contributed by atoms with Crippen molar-refractivity contribution in [1.29, 1.82) is 0 Å². The van der Waals surface area contributed by atoms with Gasteiger partial charge >= 0.3 is 0 Å². The van der Waals surface area contributed by atoms with Gasteiger partial charge < -0.3 is 24.5 Å². The highest BCUT2D eigenvalue weighted by molar-refractivity contribution is 5.92. The normalized spacial score (nSPS) is 17.6. The molecule has 0 radical (unpaired) electrons. The number of carboxylic acid groups (broad SMARTS) is 1. The smallest absolute Gasteiger partial charge is 0.300 e. The van der Waals surface area contributed by atoms with Gasteiger partial charge in [-0.2, -0.15) is 5.10 Å². The van der Waals surface area contributed by atoms with Crippen molar-refractivity contribution in [2.24, 2.45) is 7.05 Å². The number of nitrogens with zero attached hydrogens (tertiary/aromatic N) is 8. The molecule has 0 spiro atoms. The Balaban J connectivity index is 0.000000567. The summed E-state index contributed by atoms with van der Waals surface area (Å²) in [4.78, 5) is 28.5. The van der Waals surface area contributed by atoms with Crippen LogP contribution in [-0.2, 0) is 31.4 Å². The van der Waals surface area contributed by atoms with Gasteiger partial charge in [0.25, 0.3) is 11.9 Å². The first-order valence-corrected chi connectivity index (χ1v) is 10.5. The molecule has 1 atom stereocenters. The topological polar surface area (TPSA) is 136 Å². The summed E-state index contributed by atoms with van der Waals surface area (Å²) in [6.07, 6.45) is 6.44. The molecule has 0 aromatic carbocycles. The molecule has 2 aliphatic rings. The second-order valence-electron chi connectivity index (χ2n) is 8.00. The molecule has 1 amide bonds. The van der Waals surface area contributed by atoms with Crippen LogP contribution >= 0.6 is 0 Å². The van der Waals surface area contributed by atoms with Crippen LogP contribution in [0.1, 0.15) is 42.0 Å². The standard InChI is InChI=1S/C18H23N9O.C2H4O2/c1-12-8-26(18(28)14-10-25-6-5-19-4-3-15(25)21-14)11-16-22-23-17(27(12)16)13-7-20-24(2)9-13;1-2(3)4/h7,9-10,12,19H,3-6,8,11H2,1-2H3;1H3,(H,3,4)/t12-;/m0./s1. The van der Waals surface area contributed by atoms with Crippen molar-refractivity contribution in [3.8, 4) is 11.4 Å². The van der Waals surface area contributed by atoms with Gasteiger partial charge in [-0.05, 0) is 6.92 Å². The van der Waals surface area contributed by atoms with E-state index in [4.69, 9.17) is 9.90 Å². The molecule has 0 bridgehead atoms. The minimum atomic E-state index is -0.833. The Morgan fingerprint density at radius 3 is 2.69 bits per heavy atom. The minimum absolute atomic E-state index is 0.0439. The van der Waals surface area contributed by atoms with E-state index in [1.807, 2.05) is 24.3 Å². The quantitative estimate of drug-likeness (QED) is 0.581. The van der Waals surface area contributed by atoms with Gasteiger partial charge in [-0.1, -0.05) is 0 Å². The number of carbonyl (C=O) groups excluding carboxylic acids is 1. The van der Waals surface area contributed by atoms with Gasteiger partial charge in [0.2, 0.25) is 0 Å². The lowest BCUT2D eigenvalue weighted by Crippen LogP contribution is -2.40. The Kier molecular flexibility index (Phi) is 6.04. The number of hydrogen-bond acceptors (Lipinski definition) is 7. The van der Waals surface area contributed by atoms with Crippen molar-refractivity contribution in [2.45, 2.75) is 39.4 Å². The molecule has 32 heavy (non-hydrogen) atoms. The number of aliphatic carboxylic acids is 1. The van der Waals surface area contributed by atoms with Crippen molar-refractivity contribution in [3.05, 3.63) is 35.9 Å². The number of aryl methyl sites for hydroxylation is 1. The molecule has 5 heterocycles. The van der Waals surface area contributed by atoms with E-state index in [1.54, 1.807) is 10.9 Å². The first-order chi connectivity index (χ1) is 15.3. The van der Waals surface area contributed by atoms with E-state index in [0.29, 0.717) is 18.8 Å². The number of imidazole rings is 1. The van der Waals surface area contributed by atoms with Crippen LogP contribution in [0.25, 0.3) is 11.4 Å². The summed E-state index contributed by atoms with van der Waals surface area (Å²) in [6.45, 7) is 6.83. The van der Waals surface area contributed by atoms with Crippen LogP contribution < -0.4 is 5.32 Å². The summed E-state index contributed by atoms with van der Waals surface area (Å²) in [6, 6.07) is 0.0718. The molecule has 170 valence electrons. The number of aromatic nitrogens is 7. The third-order valence-corrected chi connectivity index (χ3v) is 5.41. The molecule has 3 aromatic rings. The number of hydrogen-bond donors (Lipinski definition) is 2. The van der Waals surface area contributed by atoms with Crippen LogP contribution in [-0.4, -0.2) is 75.6 Å². The maximum Gasteiger partial charge on any atom is 0.300 e. The molecule has 0 fully saturated rings. The summed E-state index contributed by atoms with van der Waals surface area (Å²) in [7, 11) is 1.88. The predicted molar refractivity (Wildman–Crippen MR) is 114 cm³/mol. The lowest BCUT2D eigenvalue weighted by molar-refractivity contribution is -0.134. The van der Waals surface area contributed by atoms with Crippen molar-refractivity contribution in [2.75, 3.05) is 19.6 Å². The Labute approximate surface area is 184 Å². The van der Waals surface area contributed by atoms with Crippen molar-refractivity contribution < 1.29 is 14.7 Å². The van der Waals surface area contributed by atoms with E-state index < -0.39 is 5.97 Å². The van der Waals surface area contributed by atoms with Crippen molar-refractivity contribution in [3.63, 3.8) is 0 Å². The van der Waals surface area contributed by atoms with Gasteiger partial charge in [-0.3, -0.25) is 14.3 Å². The molecule has 0 unspecified atom stereocenters. The number of carbonyl (C=O) groups is 2. The number of fused-ring (bicyclic) bond motifs is 2. The summed E-state index contributed by atoms with van der Waals surface area (Å²) in [5.74, 6) is 1.68. The van der Waals surface area contributed by atoms with Gasteiger partial charge in [-0.25, -0.2) is 4.98 Å². The summed E-state index contributed by atoms with van der Waals surface area (Å²) >= 11 is 0. The molecule has 0 saturated heterocycles. The maximum atomic E-state index is 13.1. The van der Waals surface area contributed by atoms with E-state index in [2.05, 4.69) is 41.7 Å².